The monoisotopic (exact) mass is 462 g/mol. The maximum atomic E-state index is 8.90. The molecule has 172 valence electrons. The second-order valence-corrected chi connectivity index (χ2v) is 8.48. The number of methoxy groups -OCH3 is 1. The van der Waals surface area contributed by atoms with Gasteiger partial charge in [0.25, 0.3) is 0 Å². The Morgan fingerprint density at radius 3 is 2.82 bits per heavy atom. The highest BCUT2D eigenvalue weighted by Crippen LogP contribution is 2.15. The number of aliphatic imine (C=N–C) groups is 1. The summed E-state index contributed by atoms with van der Waals surface area (Å²) >= 11 is 1.58. The van der Waals surface area contributed by atoms with E-state index in [1.54, 1.807) is 19.1 Å². The number of nitrogens with one attached hydrogen (secondary N) is 1. The topological polar surface area (TPSA) is 101 Å². The highest BCUT2D eigenvalue weighted by molar-refractivity contribution is 7.97. The molecule has 3 N–H and O–H groups in total. The minimum absolute atomic E-state index is 0.346. The van der Waals surface area contributed by atoms with Crippen molar-refractivity contribution in [2.24, 2.45) is 10.7 Å². The van der Waals surface area contributed by atoms with Crippen molar-refractivity contribution in [2.75, 3.05) is 20.3 Å². The van der Waals surface area contributed by atoms with Gasteiger partial charge < -0.3 is 15.0 Å². The van der Waals surface area contributed by atoms with Crippen molar-refractivity contribution < 1.29 is 4.74 Å². The number of benzene rings is 1. The number of nitriles is 1. The van der Waals surface area contributed by atoms with Crippen LogP contribution in [0.4, 0.5) is 0 Å². The molecule has 2 aromatic rings. The second-order valence-electron chi connectivity index (χ2n) is 7.52. The molecule has 33 heavy (non-hydrogen) atoms. The van der Waals surface area contributed by atoms with Gasteiger partial charge in [0.2, 0.25) is 0 Å². The lowest BCUT2D eigenvalue weighted by molar-refractivity contribution is 0.199. The molecule has 1 aromatic carbocycles. The number of hydrogen-bond acceptors (Lipinski definition) is 7. The summed E-state index contributed by atoms with van der Waals surface area (Å²) in [6, 6.07) is 9.71. The molecule has 1 aliphatic rings. The van der Waals surface area contributed by atoms with Gasteiger partial charge in [0, 0.05) is 31.5 Å². The quantitative estimate of drug-likeness (QED) is 0.302. The number of rotatable bonds is 11. The average molecular weight is 463 g/mol. The van der Waals surface area contributed by atoms with Gasteiger partial charge >= 0.3 is 0 Å². The highest BCUT2D eigenvalue weighted by atomic mass is 32.2. The number of nitrogens with zero attached hydrogens (tertiary/aromatic N) is 4. The van der Waals surface area contributed by atoms with Crippen LogP contribution in [0, 0.1) is 11.3 Å². The van der Waals surface area contributed by atoms with Crippen LogP contribution in [0.2, 0.25) is 0 Å². The molecular formula is C25H30N6OS. The third kappa shape index (κ3) is 6.68. The Labute approximate surface area is 199 Å². The van der Waals surface area contributed by atoms with Gasteiger partial charge in [-0.2, -0.15) is 5.26 Å². The van der Waals surface area contributed by atoms with Crippen LogP contribution >= 0.6 is 11.9 Å². The number of unbranched alkanes of at least 4 members (excludes halogenated alkanes) is 1. The molecule has 1 heterocycles. The van der Waals surface area contributed by atoms with E-state index in [4.69, 9.17) is 20.7 Å². The van der Waals surface area contributed by atoms with Crippen molar-refractivity contribution in [1.82, 2.24) is 14.3 Å². The molecule has 0 atom stereocenters. The average Bonchev–Trinajstić information content (AvgIpc) is 3.23. The molecule has 0 saturated heterocycles. The molecule has 0 unspecified atom stereocenters. The molecule has 7 nitrogen and oxygen atoms in total. The highest BCUT2D eigenvalue weighted by Gasteiger charge is 2.13. The number of hydrogen-bond donors (Lipinski definition) is 2. The molecule has 0 fully saturated rings. The first kappa shape index (κ1) is 24.5. The van der Waals surface area contributed by atoms with E-state index >= 15 is 0 Å². The predicted octanol–water partition coefficient (Wildman–Crippen LogP) is 2.41. The summed E-state index contributed by atoms with van der Waals surface area (Å²) in [5.74, 6) is 1.29. The second kappa shape index (κ2) is 12.8. The molecule has 0 radical (unpaired) electrons. The fourth-order valence-electron chi connectivity index (χ4n) is 3.59. The van der Waals surface area contributed by atoms with Crippen LogP contribution in [-0.2, 0) is 17.7 Å². The fourth-order valence-corrected chi connectivity index (χ4v) is 4.28. The molecule has 0 aliphatic heterocycles. The van der Waals surface area contributed by atoms with Gasteiger partial charge in [-0.15, -0.1) is 0 Å². The van der Waals surface area contributed by atoms with Gasteiger partial charge in [0.05, 0.1) is 23.6 Å². The van der Waals surface area contributed by atoms with E-state index in [-0.39, 0.29) is 0 Å². The van der Waals surface area contributed by atoms with E-state index in [1.165, 1.54) is 5.57 Å². The molecule has 0 amide bonds. The molecule has 0 bridgehead atoms. The van der Waals surface area contributed by atoms with E-state index in [0.29, 0.717) is 29.8 Å². The van der Waals surface area contributed by atoms with Gasteiger partial charge in [0.1, 0.15) is 11.2 Å². The van der Waals surface area contributed by atoms with Crippen molar-refractivity contribution >= 4 is 30.1 Å². The lowest BCUT2D eigenvalue weighted by Crippen LogP contribution is -2.36. The zero-order valence-electron chi connectivity index (χ0n) is 19.0. The lowest BCUT2D eigenvalue weighted by atomic mass is 10.1. The van der Waals surface area contributed by atoms with Crippen molar-refractivity contribution in [3.63, 3.8) is 0 Å². The summed E-state index contributed by atoms with van der Waals surface area (Å²) in [5.41, 5.74) is 8.02. The third-order valence-electron chi connectivity index (χ3n) is 5.26. The molecule has 8 heteroatoms. The number of allylic oxidation sites excluding steroid dienone is 4. The van der Waals surface area contributed by atoms with Crippen molar-refractivity contribution in [2.45, 2.75) is 37.1 Å². The summed E-state index contributed by atoms with van der Waals surface area (Å²) in [7, 11) is 1.70. The normalized spacial score (nSPS) is 15.4. The zero-order chi connectivity index (χ0) is 23.5. The number of nitrogens with two attached hydrogens (primary N) is 1. The first-order chi connectivity index (χ1) is 16.2. The molecule has 1 aliphatic carbocycles. The van der Waals surface area contributed by atoms with Crippen LogP contribution in [0.1, 0.15) is 30.7 Å². The van der Waals surface area contributed by atoms with E-state index in [0.717, 1.165) is 48.4 Å². The number of imidazole rings is 1. The van der Waals surface area contributed by atoms with Crippen LogP contribution in [0.25, 0.3) is 11.4 Å². The lowest BCUT2D eigenvalue weighted by Gasteiger charge is -2.11. The largest absolute Gasteiger partial charge is 0.384 e. The van der Waals surface area contributed by atoms with Gasteiger partial charge in [-0.05, 0) is 67.8 Å². The minimum Gasteiger partial charge on any atom is -0.384 e. The minimum atomic E-state index is 0.346. The SMILES string of the molecule is C=N/C(N)=c1/nc(CCOC)n(CCCCNSc2ccc(C#N)cc2)/c1=C1\C=CC=CC1. The Balaban J connectivity index is 1.72. The van der Waals surface area contributed by atoms with Gasteiger partial charge in [0.15, 0.2) is 5.82 Å². The van der Waals surface area contributed by atoms with Crippen molar-refractivity contribution in [3.8, 4) is 6.07 Å². The fraction of sp³-hybridized carbons (Fsp3) is 0.320. The summed E-state index contributed by atoms with van der Waals surface area (Å²) < 4.78 is 11.0. The molecule has 3 rings (SSSR count). The third-order valence-corrected chi connectivity index (χ3v) is 6.12. The first-order valence-electron chi connectivity index (χ1n) is 10.9. The van der Waals surface area contributed by atoms with Gasteiger partial charge in [-0.1, -0.05) is 24.3 Å². The maximum absolute atomic E-state index is 8.90. The van der Waals surface area contributed by atoms with Gasteiger partial charge in [-0.3, -0.25) is 4.72 Å². The zero-order valence-corrected chi connectivity index (χ0v) is 19.8. The Morgan fingerprint density at radius 1 is 1.33 bits per heavy atom. The Bertz CT molecular complexity index is 1170. The van der Waals surface area contributed by atoms with E-state index in [1.807, 2.05) is 36.4 Å². The predicted molar refractivity (Wildman–Crippen MR) is 135 cm³/mol. The smallest absolute Gasteiger partial charge is 0.150 e. The van der Waals surface area contributed by atoms with Crippen molar-refractivity contribution in [1.29, 1.82) is 5.26 Å². The van der Waals surface area contributed by atoms with E-state index in [2.05, 4.69) is 39.2 Å². The Morgan fingerprint density at radius 2 is 2.15 bits per heavy atom. The van der Waals surface area contributed by atoms with E-state index < -0.39 is 0 Å². The Kier molecular flexibility index (Phi) is 9.51. The number of ether oxygens (including phenoxy) is 1. The van der Waals surface area contributed by atoms with Gasteiger partial charge in [-0.25, -0.2) is 9.98 Å². The maximum Gasteiger partial charge on any atom is 0.150 e. The Hall–Kier alpha value is -3.12. The summed E-state index contributed by atoms with van der Waals surface area (Å²) in [6.45, 7) is 5.89. The summed E-state index contributed by atoms with van der Waals surface area (Å²) in [4.78, 5) is 9.88. The van der Waals surface area contributed by atoms with Crippen molar-refractivity contribution in [3.05, 3.63) is 70.7 Å². The molecule has 1 aromatic heterocycles. The summed E-state index contributed by atoms with van der Waals surface area (Å²) in [5, 5.41) is 10.6. The van der Waals surface area contributed by atoms with Crippen LogP contribution in [-0.4, -0.2) is 36.5 Å². The molecular weight excluding hydrogens is 432 g/mol. The first-order valence-corrected chi connectivity index (χ1v) is 11.8. The molecule has 0 spiro atoms. The van der Waals surface area contributed by atoms with E-state index in [9.17, 15) is 0 Å². The molecule has 0 saturated carbocycles. The van der Waals surface area contributed by atoms with Crippen LogP contribution < -0.4 is 21.2 Å². The van der Waals surface area contributed by atoms with Crippen LogP contribution in [0.3, 0.4) is 0 Å². The standard InChI is InChI=1S/C25H30N6OS/c1-28-25(27)23-24(20-8-4-3-5-9-20)31(22(30-23)14-17-32-2)16-7-6-15-29-33-21-12-10-19(18-26)11-13-21/h3-5,8,10-13,29H,1,6-7,9,14-17,27H2,2H3/b24-20+,25-23+. The number of aromatic nitrogens is 2. The van der Waals surface area contributed by atoms with Crippen LogP contribution in [0.5, 0.6) is 0 Å². The van der Waals surface area contributed by atoms with Crippen LogP contribution in [0.15, 0.2) is 58.5 Å². The summed E-state index contributed by atoms with van der Waals surface area (Å²) in [6.07, 6.45) is 11.8.